The first-order chi connectivity index (χ1) is 9.99. The molecule has 1 unspecified atom stereocenters. The average Bonchev–Trinajstić information content (AvgIpc) is 2.89. The van der Waals surface area contributed by atoms with E-state index in [-0.39, 0.29) is 0 Å². The largest absolute Gasteiger partial charge is 0.384 e. The summed E-state index contributed by atoms with van der Waals surface area (Å²) in [4.78, 5) is 0. The fourth-order valence-electron chi connectivity index (χ4n) is 2.19. The van der Waals surface area contributed by atoms with E-state index in [2.05, 4.69) is 31.9 Å². The predicted molar refractivity (Wildman–Crippen MR) is 92.7 cm³/mol. The van der Waals surface area contributed by atoms with E-state index in [1.165, 1.54) is 18.2 Å². The van der Waals surface area contributed by atoms with Gasteiger partial charge >= 0.3 is 0 Å². The van der Waals surface area contributed by atoms with Crippen LogP contribution in [0.3, 0.4) is 0 Å². The molecule has 0 saturated heterocycles. The summed E-state index contributed by atoms with van der Waals surface area (Å²) in [7, 11) is 0. The second-order valence-corrected chi connectivity index (χ2v) is 7.49. The molecule has 6 heteroatoms. The van der Waals surface area contributed by atoms with Gasteiger partial charge in [0.05, 0.1) is 0 Å². The van der Waals surface area contributed by atoms with Crippen molar-refractivity contribution >= 4 is 64.9 Å². The van der Waals surface area contributed by atoms with Crippen molar-refractivity contribution in [3.8, 4) is 0 Å². The zero-order valence-corrected chi connectivity index (χ0v) is 15.2. The number of hydrogen-bond donors (Lipinski definition) is 1. The summed E-state index contributed by atoms with van der Waals surface area (Å²) in [6, 6.07) is 7.88. The van der Waals surface area contributed by atoms with E-state index in [0.29, 0.717) is 16.1 Å². The topological polar surface area (TPSA) is 20.2 Å². The lowest BCUT2D eigenvalue weighted by Gasteiger charge is -2.17. The van der Waals surface area contributed by atoms with Crippen molar-refractivity contribution in [1.82, 2.24) is 0 Å². The van der Waals surface area contributed by atoms with Crippen molar-refractivity contribution < 1.29 is 9.50 Å². The summed E-state index contributed by atoms with van der Waals surface area (Å²) in [6.07, 6.45) is -1.03. The van der Waals surface area contributed by atoms with Crippen LogP contribution < -0.4 is 0 Å². The zero-order chi connectivity index (χ0) is 15.1. The van der Waals surface area contributed by atoms with Gasteiger partial charge in [-0.2, -0.15) is 0 Å². The van der Waals surface area contributed by atoms with E-state index in [9.17, 15) is 9.50 Å². The molecule has 0 fully saturated rings. The van der Waals surface area contributed by atoms with Crippen molar-refractivity contribution in [2.75, 3.05) is 0 Å². The third-order valence-electron chi connectivity index (χ3n) is 3.21. The second-order valence-electron chi connectivity index (χ2n) is 4.49. The number of halogens is 4. The number of aliphatic hydroxyl groups is 1. The van der Waals surface area contributed by atoms with Gasteiger partial charge in [-0.15, -0.1) is 11.3 Å². The molecule has 0 bridgehead atoms. The minimum atomic E-state index is -1.03. The van der Waals surface area contributed by atoms with Gasteiger partial charge in [0.1, 0.15) is 11.9 Å². The molecule has 0 aliphatic carbocycles. The van der Waals surface area contributed by atoms with Crippen LogP contribution in [0.2, 0.25) is 5.02 Å². The van der Waals surface area contributed by atoms with Gasteiger partial charge in [-0.25, -0.2) is 4.39 Å². The first-order valence-corrected chi connectivity index (χ1v) is 8.81. The molecule has 1 atom stereocenters. The van der Waals surface area contributed by atoms with Gasteiger partial charge in [-0.3, -0.25) is 0 Å². The molecule has 0 saturated carbocycles. The van der Waals surface area contributed by atoms with Crippen LogP contribution >= 0.6 is 54.8 Å². The molecule has 1 nitrogen and oxygen atoms in total. The maximum atomic E-state index is 13.4. The molecule has 1 heterocycles. The molecule has 0 aliphatic heterocycles. The van der Waals surface area contributed by atoms with Crippen LogP contribution in [0, 0.1) is 5.82 Å². The highest BCUT2D eigenvalue weighted by molar-refractivity contribution is 9.11. The van der Waals surface area contributed by atoms with Crippen molar-refractivity contribution in [2.45, 2.75) is 6.10 Å². The molecular weight excluding hydrogens is 442 g/mol. The molecule has 0 aliphatic rings. The van der Waals surface area contributed by atoms with Gasteiger partial charge in [0.2, 0.25) is 0 Å². The highest BCUT2D eigenvalue weighted by Gasteiger charge is 2.22. The Morgan fingerprint density at radius 1 is 1.19 bits per heavy atom. The number of benzene rings is 2. The van der Waals surface area contributed by atoms with Gasteiger partial charge in [0.15, 0.2) is 0 Å². The predicted octanol–water partition coefficient (Wildman–Crippen LogP) is 6.30. The molecule has 0 spiro atoms. The van der Waals surface area contributed by atoms with Gasteiger partial charge in [0, 0.05) is 35.2 Å². The smallest absolute Gasteiger partial charge is 0.123 e. The van der Waals surface area contributed by atoms with Gasteiger partial charge < -0.3 is 5.11 Å². The first kappa shape index (κ1) is 15.4. The maximum absolute atomic E-state index is 13.4. The highest BCUT2D eigenvalue weighted by Crippen LogP contribution is 2.42. The number of hydrogen-bond acceptors (Lipinski definition) is 2. The Morgan fingerprint density at radius 3 is 2.71 bits per heavy atom. The van der Waals surface area contributed by atoms with Crippen molar-refractivity contribution in [3.05, 3.63) is 66.6 Å². The van der Waals surface area contributed by atoms with Crippen molar-refractivity contribution in [2.24, 2.45) is 0 Å². The summed E-state index contributed by atoms with van der Waals surface area (Å²) >= 11 is 14.7. The summed E-state index contributed by atoms with van der Waals surface area (Å²) in [5, 5.41) is 14.0. The molecule has 0 radical (unpaired) electrons. The molecule has 1 aromatic heterocycles. The van der Waals surface area contributed by atoms with E-state index < -0.39 is 11.9 Å². The molecule has 0 amide bonds. The van der Waals surface area contributed by atoms with E-state index in [1.54, 1.807) is 11.3 Å². The van der Waals surface area contributed by atoms with Crippen molar-refractivity contribution in [1.29, 1.82) is 0 Å². The summed E-state index contributed by atoms with van der Waals surface area (Å²) in [5.74, 6) is -0.433. The Bertz CT molecular complexity index is 834. The van der Waals surface area contributed by atoms with Crippen LogP contribution in [0.25, 0.3) is 10.1 Å². The lowest BCUT2D eigenvalue weighted by Crippen LogP contribution is -2.03. The van der Waals surface area contributed by atoms with E-state index >= 15 is 0 Å². The van der Waals surface area contributed by atoms with Crippen LogP contribution in [-0.2, 0) is 0 Å². The van der Waals surface area contributed by atoms with Crippen LogP contribution in [0.15, 0.2) is 44.7 Å². The van der Waals surface area contributed by atoms with Gasteiger partial charge in [0.25, 0.3) is 0 Å². The number of aliphatic hydroxyl groups excluding tert-OH is 1. The summed E-state index contributed by atoms with van der Waals surface area (Å²) < 4.78 is 16.1. The molecule has 2 aromatic carbocycles. The molecule has 3 rings (SSSR count). The Morgan fingerprint density at radius 2 is 1.95 bits per heavy atom. The third kappa shape index (κ3) is 2.78. The highest BCUT2D eigenvalue weighted by atomic mass is 79.9. The Kier molecular flexibility index (Phi) is 4.39. The van der Waals surface area contributed by atoms with Crippen molar-refractivity contribution in [3.63, 3.8) is 0 Å². The lowest BCUT2D eigenvalue weighted by atomic mass is 10.0. The molecule has 21 heavy (non-hydrogen) atoms. The van der Waals surface area contributed by atoms with E-state index in [1.807, 2.05) is 17.5 Å². The second kappa shape index (κ2) is 5.97. The van der Waals surface area contributed by atoms with Gasteiger partial charge in [-0.05, 0) is 51.6 Å². The van der Waals surface area contributed by atoms with Crippen LogP contribution in [0.1, 0.15) is 17.2 Å². The quantitative estimate of drug-likeness (QED) is 0.486. The Hall–Kier alpha value is -0.460. The summed E-state index contributed by atoms with van der Waals surface area (Å²) in [6.45, 7) is 0. The zero-order valence-electron chi connectivity index (χ0n) is 10.4. The standard InChI is InChI=1S/C15H8Br2ClFOS/c16-10-6-12-8(3-4-21-12)14(17)13(10)15(20)9-5-7(19)1-2-11(9)18/h1-6,15,20H. The third-order valence-corrected chi connectivity index (χ3v) is 5.93. The minimum absolute atomic E-state index is 0.327. The minimum Gasteiger partial charge on any atom is -0.384 e. The van der Waals surface area contributed by atoms with E-state index in [0.717, 1.165) is 19.0 Å². The average molecular weight is 451 g/mol. The Balaban J connectivity index is 2.21. The maximum Gasteiger partial charge on any atom is 0.123 e. The number of thiophene rings is 1. The van der Waals surface area contributed by atoms with Crippen LogP contribution in [-0.4, -0.2) is 5.11 Å². The fraction of sp³-hybridized carbons (Fsp3) is 0.0667. The van der Waals surface area contributed by atoms with Crippen LogP contribution in [0.5, 0.6) is 0 Å². The Labute approximate surface area is 146 Å². The monoisotopic (exact) mass is 448 g/mol. The van der Waals surface area contributed by atoms with Crippen LogP contribution in [0.4, 0.5) is 4.39 Å². The van der Waals surface area contributed by atoms with Gasteiger partial charge in [-0.1, -0.05) is 27.5 Å². The molecule has 108 valence electrons. The molecule has 1 N–H and O–H groups in total. The normalized spacial score (nSPS) is 12.8. The molecule has 3 aromatic rings. The number of fused-ring (bicyclic) bond motifs is 1. The summed E-state index contributed by atoms with van der Waals surface area (Å²) in [5.41, 5.74) is 0.973. The SMILES string of the molecule is OC(c1cc(F)ccc1Cl)c1c(Br)cc2sccc2c1Br. The van der Waals surface area contributed by atoms with E-state index in [4.69, 9.17) is 11.6 Å². The first-order valence-electron chi connectivity index (χ1n) is 5.97. The molecular formula is C15H8Br2ClFOS. The fourth-order valence-corrected chi connectivity index (χ4v) is 5.21. The lowest BCUT2D eigenvalue weighted by molar-refractivity contribution is 0.218. The number of rotatable bonds is 2.